The van der Waals surface area contributed by atoms with E-state index in [2.05, 4.69) is 0 Å². The number of unbranched alkanes of at least 4 members (excludes halogenated alkanes) is 4. The second-order valence-electron chi connectivity index (χ2n) is 3.18. The van der Waals surface area contributed by atoms with E-state index in [0.29, 0.717) is 6.42 Å². The Morgan fingerprint density at radius 1 is 1.00 bits per heavy atom. The monoisotopic (exact) mass is 190 g/mol. The Labute approximate surface area is 78.2 Å². The van der Waals surface area contributed by atoms with E-state index in [4.69, 9.17) is 15.3 Å². The van der Waals surface area contributed by atoms with Gasteiger partial charge in [-0.1, -0.05) is 19.3 Å². The lowest BCUT2D eigenvalue weighted by molar-refractivity contribution is -0.137. The number of aliphatic hydroxyl groups excluding tert-OH is 1. The van der Waals surface area contributed by atoms with E-state index in [0.717, 1.165) is 32.1 Å². The Kier molecular flexibility index (Phi) is 7.63. The molecule has 0 bridgehead atoms. The summed E-state index contributed by atoms with van der Waals surface area (Å²) < 4.78 is 0. The summed E-state index contributed by atoms with van der Waals surface area (Å²) in [4.78, 5) is 10.1. The van der Waals surface area contributed by atoms with E-state index >= 15 is 0 Å². The molecule has 0 atom stereocenters. The van der Waals surface area contributed by atoms with Crippen molar-refractivity contribution in [3.8, 4) is 0 Å². The summed E-state index contributed by atoms with van der Waals surface area (Å²) in [5.74, 6) is -0.745. The third kappa shape index (κ3) is 11.4. The van der Waals surface area contributed by atoms with Crippen LogP contribution < -0.4 is 0 Å². The van der Waals surface area contributed by atoms with Gasteiger partial charge < -0.3 is 15.3 Å². The number of hydrogen-bond acceptors (Lipinski definition) is 3. The van der Waals surface area contributed by atoms with Crippen LogP contribution in [-0.2, 0) is 4.79 Å². The summed E-state index contributed by atoms with van der Waals surface area (Å²) in [5, 5.41) is 25.3. The van der Waals surface area contributed by atoms with Crippen molar-refractivity contribution in [1.29, 1.82) is 0 Å². The molecule has 0 aliphatic carbocycles. The minimum Gasteiger partial charge on any atom is -0.481 e. The number of hydrogen-bond donors (Lipinski definition) is 3. The van der Waals surface area contributed by atoms with Gasteiger partial charge in [-0.3, -0.25) is 4.79 Å². The molecule has 0 aliphatic rings. The topological polar surface area (TPSA) is 77.8 Å². The molecule has 0 unspecified atom stereocenters. The number of aliphatic hydroxyl groups is 2. The van der Waals surface area contributed by atoms with Gasteiger partial charge in [-0.25, -0.2) is 0 Å². The van der Waals surface area contributed by atoms with Crippen LogP contribution in [-0.4, -0.2) is 27.6 Å². The minimum absolute atomic E-state index is 0.239. The van der Waals surface area contributed by atoms with Crippen molar-refractivity contribution in [2.75, 3.05) is 0 Å². The Morgan fingerprint density at radius 2 is 1.54 bits per heavy atom. The molecule has 78 valence electrons. The van der Waals surface area contributed by atoms with Crippen LogP contribution in [0.4, 0.5) is 0 Å². The van der Waals surface area contributed by atoms with Crippen molar-refractivity contribution in [1.82, 2.24) is 0 Å². The molecule has 0 aromatic rings. The molecule has 4 heteroatoms. The molecule has 0 aliphatic heterocycles. The highest BCUT2D eigenvalue weighted by atomic mass is 16.5. The van der Waals surface area contributed by atoms with E-state index in [1.54, 1.807) is 0 Å². The molecule has 0 spiro atoms. The number of carbonyl (C=O) groups is 1. The van der Waals surface area contributed by atoms with Gasteiger partial charge in [-0.2, -0.15) is 0 Å². The summed E-state index contributed by atoms with van der Waals surface area (Å²) in [6.45, 7) is 0. The zero-order chi connectivity index (χ0) is 10.1. The van der Waals surface area contributed by atoms with Gasteiger partial charge in [0, 0.05) is 6.42 Å². The molecule has 0 saturated carbocycles. The summed E-state index contributed by atoms with van der Waals surface area (Å²) in [5.41, 5.74) is 0. The summed E-state index contributed by atoms with van der Waals surface area (Å²) in [6.07, 6.45) is 3.80. The Balaban J connectivity index is 2.96. The summed E-state index contributed by atoms with van der Waals surface area (Å²) in [7, 11) is 0. The van der Waals surface area contributed by atoms with Gasteiger partial charge in [0.05, 0.1) is 0 Å². The molecular weight excluding hydrogens is 172 g/mol. The Morgan fingerprint density at radius 3 is 2.08 bits per heavy atom. The largest absolute Gasteiger partial charge is 0.481 e. The van der Waals surface area contributed by atoms with Crippen molar-refractivity contribution in [3.63, 3.8) is 0 Å². The Bertz CT molecular complexity index is 134. The predicted octanol–water partition coefficient (Wildman–Crippen LogP) is 1.11. The maximum Gasteiger partial charge on any atom is 0.303 e. The van der Waals surface area contributed by atoms with Gasteiger partial charge in [0.15, 0.2) is 6.29 Å². The number of rotatable bonds is 8. The first-order chi connectivity index (χ1) is 6.13. The average Bonchev–Trinajstić information content (AvgIpc) is 2.01. The fourth-order valence-electron chi connectivity index (χ4n) is 1.13. The maximum atomic E-state index is 10.1. The third-order valence-electron chi connectivity index (χ3n) is 1.85. The molecule has 0 saturated heterocycles. The van der Waals surface area contributed by atoms with Crippen LogP contribution in [0.2, 0.25) is 0 Å². The van der Waals surface area contributed by atoms with Crippen molar-refractivity contribution in [3.05, 3.63) is 0 Å². The number of aliphatic carboxylic acids is 1. The summed E-state index contributed by atoms with van der Waals surface area (Å²) >= 11 is 0. The zero-order valence-corrected chi connectivity index (χ0v) is 7.78. The quantitative estimate of drug-likeness (QED) is 0.396. The van der Waals surface area contributed by atoms with Crippen LogP contribution in [0.15, 0.2) is 0 Å². The normalized spacial score (nSPS) is 10.7. The maximum absolute atomic E-state index is 10.1. The second-order valence-corrected chi connectivity index (χ2v) is 3.18. The smallest absolute Gasteiger partial charge is 0.303 e. The van der Waals surface area contributed by atoms with Crippen LogP contribution in [0.3, 0.4) is 0 Å². The van der Waals surface area contributed by atoms with E-state index in [9.17, 15) is 4.79 Å². The second kappa shape index (κ2) is 8.01. The lowest BCUT2D eigenvalue weighted by atomic mass is 10.1. The molecule has 0 heterocycles. The predicted molar refractivity (Wildman–Crippen MR) is 48.2 cm³/mol. The van der Waals surface area contributed by atoms with Gasteiger partial charge in [0.2, 0.25) is 0 Å². The molecule has 0 amide bonds. The first-order valence-electron chi connectivity index (χ1n) is 4.71. The van der Waals surface area contributed by atoms with Gasteiger partial charge in [-0.05, 0) is 19.3 Å². The number of carboxylic acids is 1. The highest BCUT2D eigenvalue weighted by Gasteiger charge is 1.98. The first kappa shape index (κ1) is 12.4. The van der Waals surface area contributed by atoms with Crippen LogP contribution in [0.25, 0.3) is 0 Å². The summed E-state index contributed by atoms with van der Waals surface area (Å²) in [6, 6.07) is 0. The van der Waals surface area contributed by atoms with E-state index in [1.165, 1.54) is 0 Å². The number of carboxylic acid groups (broad SMARTS) is 1. The van der Waals surface area contributed by atoms with Crippen LogP contribution in [0, 0.1) is 0 Å². The van der Waals surface area contributed by atoms with Crippen LogP contribution in [0.1, 0.15) is 44.9 Å². The van der Waals surface area contributed by atoms with Crippen molar-refractivity contribution < 1.29 is 20.1 Å². The van der Waals surface area contributed by atoms with E-state index in [-0.39, 0.29) is 6.42 Å². The average molecular weight is 190 g/mol. The molecule has 0 rings (SSSR count). The lowest BCUT2D eigenvalue weighted by Crippen LogP contribution is -2.02. The lowest BCUT2D eigenvalue weighted by Gasteiger charge is -2.02. The molecule has 13 heavy (non-hydrogen) atoms. The minimum atomic E-state index is -1.20. The van der Waals surface area contributed by atoms with Gasteiger partial charge in [0.25, 0.3) is 0 Å². The van der Waals surface area contributed by atoms with Crippen molar-refractivity contribution >= 4 is 5.97 Å². The SMILES string of the molecule is O=C(O)CCCCCCCC(O)O. The fourth-order valence-corrected chi connectivity index (χ4v) is 1.13. The molecule has 4 nitrogen and oxygen atoms in total. The molecule has 3 N–H and O–H groups in total. The fraction of sp³-hybridized carbons (Fsp3) is 0.889. The standard InChI is InChI=1S/C9H18O4/c10-8(11)6-4-2-1-3-5-7-9(12)13/h8,10-11H,1-7H2,(H,12,13). The molecule has 0 aromatic carbocycles. The third-order valence-corrected chi connectivity index (χ3v) is 1.85. The Hall–Kier alpha value is -0.610. The van der Waals surface area contributed by atoms with Crippen LogP contribution in [0.5, 0.6) is 0 Å². The van der Waals surface area contributed by atoms with Gasteiger partial charge >= 0.3 is 5.97 Å². The van der Waals surface area contributed by atoms with E-state index < -0.39 is 12.3 Å². The first-order valence-corrected chi connectivity index (χ1v) is 4.71. The van der Waals surface area contributed by atoms with E-state index in [1.807, 2.05) is 0 Å². The van der Waals surface area contributed by atoms with Crippen molar-refractivity contribution in [2.45, 2.75) is 51.2 Å². The highest BCUT2D eigenvalue weighted by molar-refractivity contribution is 5.66. The van der Waals surface area contributed by atoms with Crippen molar-refractivity contribution in [2.24, 2.45) is 0 Å². The van der Waals surface area contributed by atoms with Gasteiger partial charge in [-0.15, -0.1) is 0 Å². The molecular formula is C9H18O4. The molecule has 0 radical (unpaired) electrons. The van der Waals surface area contributed by atoms with Gasteiger partial charge in [0.1, 0.15) is 0 Å². The molecule has 0 fully saturated rings. The molecule has 0 aromatic heterocycles. The zero-order valence-electron chi connectivity index (χ0n) is 7.78. The van der Waals surface area contributed by atoms with Crippen LogP contribution >= 0.6 is 0 Å². The highest BCUT2D eigenvalue weighted by Crippen LogP contribution is 2.07.